The molecule has 0 aromatic rings. The number of fused-ring (bicyclic) bond motifs is 4. The van der Waals surface area contributed by atoms with E-state index in [1.807, 2.05) is 0 Å². The molecular weight excluding hydrogens is 363 g/mol. The number of carbonyl (C=O) groups is 2. The van der Waals surface area contributed by atoms with E-state index in [1.165, 1.54) is 4.90 Å². The number of amides is 1. The second kappa shape index (κ2) is 7.24. The largest absolute Gasteiger partial charge is 0.460 e. The molecule has 0 aromatic carbocycles. The first-order valence-electron chi connectivity index (χ1n) is 9.50. The second-order valence-electron chi connectivity index (χ2n) is 8.74. The molecule has 4 rings (SSSR count). The highest BCUT2D eigenvalue weighted by atomic mass is 19.4. The minimum atomic E-state index is -4.55. The zero-order valence-electron chi connectivity index (χ0n) is 16.1. The van der Waals surface area contributed by atoms with E-state index >= 15 is 0 Å². The maximum atomic E-state index is 13.5. The van der Waals surface area contributed by atoms with Gasteiger partial charge in [0, 0.05) is 39.3 Å². The molecule has 4 saturated heterocycles. The lowest BCUT2D eigenvalue weighted by atomic mass is 9.95. The predicted molar refractivity (Wildman–Crippen MR) is 91.9 cm³/mol. The predicted octanol–water partition coefficient (Wildman–Crippen LogP) is 1.35. The van der Waals surface area contributed by atoms with Crippen molar-refractivity contribution in [2.45, 2.75) is 45.0 Å². The van der Waals surface area contributed by atoms with Crippen LogP contribution >= 0.6 is 0 Å². The van der Waals surface area contributed by atoms with Gasteiger partial charge >= 0.3 is 12.1 Å². The smallest absolute Gasteiger partial charge is 0.394 e. The molecule has 154 valence electrons. The third kappa shape index (κ3) is 4.56. The first kappa shape index (κ1) is 20.4. The number of esters is 1. The van der Waals surface area contributed by atoms with E-state index in [0.717, 1.165) is 32.6 Å². The van der Waals surface area contributed by atoms with E-state index in [9.17, 15) is 22.8 Å². The molecule has 2 bridgehead atoms. The molecule has 0 N–H and O–H groups in total. The lowest BCUT2D eigenvalue weighted by Crippen LogP contribution is -2.57. The molecule has 1 amide bonds. The molecule has 9 heteroatoms. The highest BCUT2D eigenvalue weighted by molar-refractivity contribution is 5.84. The van der Waals surface area contributed by atoms with Crippen molar-refractivity contribution in [1.29, 1.82) is 0 Å². The number of ether oxygens (including phenoxy) is 1. The SMILES string of the molecule is CC(C)(C)OC(=O)[C@@H]1CN(C(=O)C2CN3CCCN2CC3)C[C@H]1C(F)(F)F. The van der Waals surface area contributed by atoms with Gasteiger partial charge in [0.1, 0.15) is 11.6 Å². The van der Waals surface area contributed by atoms with E-state index in [2.05, 4.69) is 9.80 Å². The van der Waals surface area contributed by atoms with Gasteiger partial charge in [0.05, 0.1) is 11.8 Å². The average molecular weight is 391 g/mol. The second-order valence-corrected chi connectivity index (χ2v) is 8.74. The normalized spacial score (nSPS) is 34.4. The van der Waals surface area contributed by atoms with Crippen LogP contribution in [0, 0.1) is 11.8 Å². The molecule has 27 heavy (non-hydrogen) atoms. The zero-order chi connectivity index (χ0) is 20.0. The van der Waals surface area contributed by atoms with Gasteiger partial charge in [-0.2, -0.15) is 13.2 Å². The van der Waals surface area contributed by atoms with Crippen LogP contribution in [0.3, 0.4) is 0 Å². The number of halogens is 3. The van der Waals surface area contributed by atoms with Crippen molar-refractivity contribution < 1.29 is 27.5 Å². The summed E-state index contributed by atoms with van der Waals surface area (Å²) >= 11 is 0. The van der Waals surface area contributed by atoms with E-state index in [-0.39, 0.29) is 12.5 Å². The van der Waals surface area contributed by atoms with Gasteiger partial charge in [-0.3, -0.25) is 19.4 Å². The van der Waals surface area contributed by atoms with Gasteiger partial charge in [-0.1, -0.05) is 0 Å². The van der Waals surface area contributed by atoms with Gasteiger partial charge in [-0.15, -0.1) is 0 Å². The molecule has 0 radical (unpaired) electrons. The maximum Gasteiger partial charge on any atom is 0.394 e. The molecule has 4 fully saturated rings. The first-order valence-corrected chi connectivity index (χ1v) is 9.50. The molecule has 6 nitrogen and oxygen atoms in total. The van der Waals surface area contributed by atoms with Gasteiger partial charge in [0.15, 0.2) is 0 Å². The summed E-state index contributed by atoms with van der Waals surface area (Å²) in [5.41, 5.74) is -0.871. The van der Waals surface area contributed by atoms with Crippen molar-refractivity contribution in [2.75, 3.05) is 45.8 Å². The summed E-state index contributed by atoms with van der Waals surface area (Å²) in [6.07, 6.45) is -3.60. The highest BCUT2D eigenvalue weighted by Crippen LogP contribution is 2.39. The Morgan fingerprint density at radius 3 is 2.30 bits per heavy atom. The van der Waals surface area contributed by atoms with Crippen LogP contribution < -0.4 is 0 Å². The monoisotopic (exact) mass is 391 g/mol. The fraction of sp³-hybridized carbons (Fsp3) is 0.889. The van der Waals surface area contributed by atoms with E-state index in [0.29, 0.717) is 6.54 Å². The molecule has 4 aliphatic rings. The van der Waals surface area contributed by atoms with Crippen LogP contribution in [0.1, 0.15) is 27.2 Å². The molecule has 3 unspecified atom stereocenters. The molecular formula is C18H28F3N3O3. The topological polar surface area (TPSA) is 53.1 Å². The Balaban J connectivity index is 1.75. The molecule has 4 heterocycles. The van der Waals surface area contributed by atoms with Crippen LogP contribution in [0.5, 0.6) is 0 Å². The first-order chi connectivity index (χ1) is 12.5. The van der Waals surface area contributed by atoms with Gasteiger partial charge in [-0.05, 0) is 33.7 Å². The number of nitrogens with zero attached hydrogens (tertiary/aromatic N) is 3. The number of hydrogen-bond acceptors (Lipinski definition) is 5. The van der Waals surface area contributed by atoms with E-state index in [1.54, 1.807) is 20.8 Å². The summed E-state index contributed by atoms with van der Waals surface area (Å²) in [7, 11) is 0. The third-order valence-corrected chi connectivity index (χ3v) is 5.54. The third-order valence-electron chi connectivity index (χ3n) is 5.54. The van der Waals surface area contributed by atoms with Gasteiger partial charge in [0.2, 0.25) is 5.91 Å². The molecule has 0 saturated carbocycles. The Kier molecular flexibility index (Phi) is 5.46. The minimum Gasteiger partial charge on any atom is -0.460 e. The van der Waals surface area contributed by atoms with Gasteiger partial charge in [-0.25, -0.2) is 0 Å². The number of likely N-dealkylation sites (tertiary alicyclic amines) is 1. The quantitative estimate of drug-likeness (QED) is 0.666. The minimum absolute atomic E-state index is 0.234. The van der Waals surface area contributed by atoms with Gasteiger partial charge < -0.3 is 9.64 Å². The van der Waals surface area contributed by atoms with Crippen molar-refractivity contribution in [3.05, 3.63) is 0 Å². The molecule has 0 aliphatic carbocycles. The summed E-state index contributed by atoms with van der Waals surface area (Å²) in [6.45, 7) is 8.02. The van der Waals surface area contributed by atoms with Crippen molar-refractivity contribution >= 4 is 11.9 Å². The Hall–Kier alpha value is -1.35. The van der Waals surface area contributed by atoms with Crippen LogP contribution in [0.25, 0.3) is 0 Å². The summed E-state index contributed by atoms with van der Waals surface area (Å²) in [4.78, 5) is 30.8. The van der Waals surface area contributed by atoms with Crippen molar-refractivity contribution in [2.24, 2.45) is 11.8 Å². The number of carbonyl (C=O) groups excluding carboxylic acids is 2. The van der Waals surface area contributed by atoms with Crippen LogP contribution in [-0.2, 0) is 14.3 Å². The fourth-order valence-corrected chi connectivity index (χ4v) is 4.22. The van der Waals surface area contributed by atoms with Crippen LogP contribution in [0.4, 0.5) is 13.2 Å². The Bertz CT molecular complexity index is 587. The molecule has 0 spiro atoms. The number of alkyl halides is 3. The van der Waals surface area contributed by atoms with Crippen molar-refractivity contribution in [3.63, 3.8) is 0 Å². The number of rotatable bonds is 2. The van der Waals surface area contributed by atoms with Crippen LogP contribution in [0.15, 0.2) is 0 Å². The Labute approximate surface area is 157 Å². The number of hydrogen-bond donors (Lipinski definition) is 0. The lowest BCUT2D eigenvalue weighted by Gasteiger charge is -2.38. The van der Waals surface area contributed by atoms with Crippen molar-refractivity contribution in [3.8, 4) is 0 Å². The summed E-state index contributed by atoms with van der Waals surface area (Å²) in [5, 5.41) is 0. The molecule has 4 aliphatic heterocycles. The van der Waals surface area contributed by atoms with E-state index < -0.39 is 42.2 Å². The summed E-state index contributed by atoms with van der Waals surface area (Å²) in [5.74, 6) is -4.44. The summed E-state index contributed by atoms with van der Waals surface area (Å²) in [6, 6.07) is -0.424. The number of piperazine rings is 1. The van der Waals surface area contributed by atoms with E-state index in [4.69, 9.17) is 4.74 Å². The zero-order valence-corrected chi connectivity index (χ0v) is 16.1. The fourth-order valence-electron chi connectivity index (χ4n) is 4.22. The standard InChI is InChI=1S/C18H28F3N3O3/c1-17(2,3)27-16(26)12-9-24(10-13(12)18(19,20)21)15(25)14-11-22-5-4-6-23(14)8-7-22/h12-14H,4-11H2,1-3H3/t12-,13-,14?/m1/s1. The Morgan fingerprint density at radius 1 is 0.963 bits per heavy atom. The van der Waals surface area contributed by atoms with Crippen molar-refractivity contribution in [1.82, 2.24) is 14.7 Å². The molecule has 0 aromatic heterocycles. The lowest BCUT2D eigenvalue weighted by molar-refractivity contribution is -0.194. The highest BCUT2D eigenvalue weighted by Gasteiger charge is 2.55. The molecule has 5 atom stereocenters. The van der Waals surface area contributed by atoms with Gasteiger partial charge in [0.25, 0.3) is 0 Å². The maximum absolute atomic E-state index is 13.5. The van der Waals surface area contributed by atoms with Crippen LogP contribution in [-0.4, -0.2) is 90.2 Å². The average Bonchev–Trinajstić information content (AvgIpc) is 2.76. The Morgan fingerprint density at radius 2 is 1.67 bits per heavy atom. The van der Waals surface area contributed by atoms with Crippen LogP contribution in [0.2, 0.25) is 0 Å². The summed E-state index contributed by atoms with van der Waals surface area (Å²) < 4.78 is 45.8.